The minimum atomic E-state index is -2.91. The third-order valence-electron chi connectivity index (χ3n) is 3.46. The standard InChI is InChI=1S/C15H13F2N3O/c1-8-4-3-5-10(9(8)2)14-13(21-15(16)17)6-11-12(19-14)7-18-20-11/h3-7,15H,1-2H3,(H,18,20). The first-order valence-electron chi connectivity index (χ1n) is 6.42. The van der Waals surface area contributed by atoms with E-state index in [-0.39, 0.29) is 5.75 Å². The first-order chi connectivity index (χ1) is 10.1. The average Bonchev–Trinajstić information content (AvgIpc) is 2.88. The molecular formula is C15H13F2N3O. The molecule has 4 nitrogen and oxygen atoms in total. The summed E-state index contributed by atoms with van der Waals surface area (Å²) in [6, 6.07) is 7.17. The molecule has 1 aromatic carbocycles. The van der Waals surface area contributed by atoms with Crippen LogP contribution in [0, 0.1) is 13.8 Å². The van der Waals surface area contributed by atoms with Crippen molar-refractivity contribution in [1.82, 2.24) is 15.2 Å². The highest BCUT2D eigenvalue weighted by atomic mass is 19.3. The van der Waals surface area contributed by atoms with Gasteiger partial charge < -0.3 is 4.74 Å². The molecule has 0 radical (unpaired) electrons. The molecule has 0 aliphatic rings. The van der Waals surface area contributed by atoms with Crippen LogP contribution in [0.15, 0.2) is 30.5 Å². The molecule has 2 heterocycles. The van der Waals surface area contributed by atoms with Crippen molar-refractivity contribution in [3.63, 3.8) is 0 Å². The maximum absolute atomic E-state index is 12.6. The van der Waals surface area contributed by atoms with Gasteiger partial charge >= 0.3 is 6.61 Å². The summed E-state index contributed by atoms with van der Waals surface area (Å²) in [6.45, 7) is 0.983. The number of ether oxygens (including phenoxy) is 1. The highest BCUT2D eigenvalue weighted by Gasteiger charge is 2.17. The van der Waals surface area contributed by atoms with Crippen LogP contribution in [0.25, 0.3) is 22.3 Å². The van der Waals surface area contributed by atoms with Crippen LogP contribution >= 0.6 is 0 Å². The van der Waals surface area contributed by atoms with Gasteiger partial charge in [0.05, 0.1) is 11.7 Å². The second kappa shape index (κ2) is 5.12. The van der Waals surface area contributed by atoms with Crippen molar-refractivity contribution < 1.29 is 13.5 Å². The van der Waals surface area contributed by atoms with Crippen LogP contribution in [-0.2, 0) is 0 Å². The van der Waals surface area contributed by atoms with E-state index in [1.807, 2.05) is 32.0 Å². The Bertz CT molecular complexity index is 799. The second-order valence-electron chi connectivity index (χ2n) is 4.76. The summed E-state index contributed by atoms with van der Waals surface area (Å²) in [5.41, 5.74) is 4.36. The van der Waals surface area contributed by atoms with E-state index in [1.165, 1.54) is 6.07 Å². The van der Waals surface area contributed by atoms with Gasteiger partial charge in [-0.1, -0.05) is 18.2 Å². The molecular weight excluding hydrogens is 276 g/mol. The number of nitrogens with zero attached hydrogens (tertiary/aromatic N) is 2. The Morgan fingerprint density at radius 2 is 2.05 bits per heavy atom. The number of nitrogens with one attached hydrogen (secondary N) is 1. The fourth-order valence-electron chi connectivity index (χ4n) is 2.25. The monoisotopic (exact) mass is 289 g/mol. The maximum Gasteiger partial charge on any atom is 0.387 e. The lowest BCUT2D eigenvalue weighted by molar-refractivity contribution is -0.0495. The quantitative estimate of drug-likeness (QED) is 0.797. The molecule has 0 spiro atoms. The van der Waals surface area contributed by atoms with Crippen molar-refractivity contribution in [3.8, 4) is 17.0 Å². The molecule has 0 bridgehead atoms. The Morgan fingerprint density at radius 1 is 1.24 bits per heavy atom. The van der Waals surface area contributed by atoms with Crippen molar-refractivity contribution in [2.45, 2.75) is 20.5 Å². The molecule has 6 heteroatoms. The molecule has 108 valence electrons. The van der Waals surface area contributed by atoms with E-state index in [4.69, 9.17) is 0 Å². The Labute approximate surface area is 119 Å². The van der Waals surface area contributed by atoms with Gasteiger partial charge in [-0.15, -0.1) is 0 Å². The highest BCUT2D eigenvalue weighted by molar-refractivity contribution is 5.82. The number of aromatic amines is 1. The fourth-order valence-corrected chi connectivity index (χ4v) is 2.25. The topological polar surface area (TPSA) is 50.8 Å². The van der Waals surface area contributed by atoms with E-state index in [0.29, 0.717) is 16.7 Å². The van der Waals surface area contributed by atoms with Crippen LogP contribution in [-0.4, -0.2) is 21.8 Å². The molecule has 0 aliphatic carbocycles. The predicted octanol–water partition coefficient (Wildman–Crippen LogP) is 3.84. The Balaban J connectivity index is 2.25. The van der Waals surface area contributed by atoms with Gasteiger partial charge in [0, 0.05) is 11.6 Å². The van der Waals surface area contributed by atoms with E-state index < -0.39 is 6.61 Å². The number of hydrogen-bond donors (Lipinski definition) is 1. The zero-order chi connectivity index (χ0) is 15.0. The number of fused-ring (bicyclic) bond motifs is 1. The molecule has 3 aromatic rings. The maximum atomic E-state index is 12.6. The molecule has 2 aromatic heterocycles. The van der Waals surface area contributed by atoms with Gasteiger partial charge in [0.25, 0.3) is 0 Å². The van der Waals surface area contributed by atoms with Gasteiger partial charge in [-0.2, -0.15) is 13.9 Å². The molecule has 0 fully saturated rings. The summed E-state index contributed by atoms with van der Waals surface area (Å²) < 4.78 is 29.9. The number of H-pyrrole nitrogens is 1. The van der Waals surface area contributed by atoms with Crippen molar-refractivity contribution in [1.29, 1.82) is 0 Å². The number of pyridine rings is 1. The third kappa shape index (κ3) is 2.44. The van der Waals surface area contributed by atoms with E-state index >= 15 is 0 Å². The number of halogens is 2. The number of aryl methyl sites for hydroxylation is 1. The molecule has 0 unspecified atom stereocenters. The van der Waals surface area contributed by atoms with Crippen LogP contribution in [0.3, 0.4) is 0 Å². The van der Waals surface area contributed by atoms with E-state index in [2.05, 4.69) is 19.9 Å². The summed E-state index contributed by atoms with van der Waals surface area (Å²) in [4.78, 5) is 4.41. The summed E-state index contributed by atoms with van der Waals surface area (Å²) in [5, 5.41) is 6.57. The number of hydrogen-bond acceptors (Lipinski definition) is 3. The molecule has 0 saturated heterocycles. The van der Waals surface area contributed by atoms with Gasteiger partial charge in [-0.05, 0) is 25.0 Å². The van der Waals surface area contributed by atoms with Gasteiger partial charge in [-0.25, -0.2) is 4.98 Å². The molecule has 0 saturated carbocycles. The smallest absolute Gasteiger partial charge is 0.387 e. The molecule has 0 amide bonds. The summed E-state index contributed by atoms with van der Waals surface area (Å²) in [5.74, 6) is 0.0375. The third-order valence-corrected chi connectivity index (χ3v) is 3.46. The zero-order valence-corrected chi connectivity index (χ0v) is 11.5. The Morgan fingerprint density at radius 3 is 2.81 bits per heavy atom. The van der Waals surface area contributed by atoms with Crippen LogP contribution in [0.4, 0.5) is 8.78 Å². The minimum absolute atomic E-state index is 0.0375. The minimum Gasteiger partial charge on any atom is -0.432 e. The Hall–Kier alpha value is -2.50. The van der Waals surface area contributed by atoms with Gasteiger partial charge in [0.1, 0.15) is 11.2 Å². The van der Waals surface area contributed by atoms with Crippen LogP contribution < -0.4 is 4.74 Å². The van der Waals surface area contributed by atoms with E-state index in [9.17, 15) is 8.78 Å². The van der Waals surface area contributed by atoms with Gasteiger partial charge in [-0.3, -0.25) is 5.10 Å². The Kier molecular flexibility index (Phi) is 3.29. The van der Waals surface area contributed by atoms with Crippen molar-refractivity contribution >= 4 is 11.0 Å². The molecule has 21 heavy (non-hydrogen) atoms. The summed E-state index contributed by atoms with van der Waals surface area (Å²) >= 11 is 0. The molecule has 0 aliphatic heterocycles. The zero-order valence-electron chi connectivity index (χ0n) is 11.5. The summed E-state index contributed by atoms with van der Waals surface area (Å²) in [7, 11) is 0. The first-order valence-corrected chi connectivity index (χ1v) is 6.42. The average molecular weight is 289 g/mol. The molecule has 3 rings (SSSR count). The number of aromatic nitrogens is 3. The highest BCUT2D eigenvalue weighted by Crippen LogP contribution is 2.34. The van der Waals surface area contributed by atoms with Crippen molar-refractivity contribution in [2.75, 3.05) is 0 Å². The normalized spacial score (nSPS) is 11.3. The SMILES string of the molecule is Cc1cccc(-c2nc3cn[nH]c3cc2OC(F)F)c1C. The summed E-state index contributed by atoms with van der Waals surface area (Å²) in [6.07, 6.45) is 1.55. The van der Waals surface area contributed by atoms with E-state index in [1.54, 1.807) is 6.20 Å². The van der Waals surface area contributed by atoms with Gasteiger partial charge in [0.2, 0.25) is 0 Å². The van der Waals surface area contributed by atoms with Crippen LogP contribution in [0.1, 0.15) is 11.1 Å². The second-order valence-corrected chi connectivity index (χ2v) is 4.76. The lowest BCUT2D eigenvalue weighted by Gasteiger charge is -2.13. The predicted molar refractivity (Wildman–Crippen MR) is 75.4 cm³/mol. The van der Waals surface area contributed by atoms with Gasteiger partial charge in [0.15, 0.2) is 5.75 Å². The molecule has 1 N–H and O–H groups in total. The largest absolute Gasteiger partial charge is 0.432 e. The van der Waals surface area contributed by atoms with E-state index in [0.717, 1.165) is 16.7 Å². The lowest BCUT2D eigenvalue weighted by atomic mass is 10.00. The number of alkyl halides is 2. The van der Waals surface area contributed by atoms with Crippen molar-refractivity contribution in [2.24, 2.45) is 0 Å². The molecule has 0 atom stereocenters. The van der Waals surface area contributed by atoms with Crippen LogP contribution in [0.5, 0.6) is 5.75 Å². The number of rotatable bonds is 3. The first kappa shape index (κ1) is 13.5. The fraction of sp³-hybridized carbons (Fsp3) is 0.200. The van der Waals surface area contributed by atoms with Crippen LogP contribution in [0.2, 0.25) is 0 Å². The van der Waals surface area contributed by atoms with Crippen molar-refractivity contribution in [3.05, 3.63) is 41.6 Å². The number of benzene rings is 1. The lowest BCUT2D eigenvalue weighted by Crippen LogP contribution is -2.05.